The van der Waals surface area contributed by atoms with Crippen LogP contribution in [0.25, 0.3) is 0 Å². The molecule has 0 bridgehead atoms. The summed E-state index contributed by atoms with van der Waals surface area (Å²) in [5.74, 6) is 2.12. The molecule has 0 saturated heterocycles. The van der Waals surface area contributed by atoms with Crippen molar-refractivity contribution in [3.63, 3.8) is 0 Å². The maximum atomic E-state index is 9.40. The van der Waals surface area contributed by atoms with E-state index in [1.54, 1.807) is 6.07 Å². The fourth-order valence-corrected chi connectivity index (χ4v) is 2.46. The average Bonchev–Trinajstić information content (AvgIpc) is 2.80. The molecule has 1 fully saturated rings. The molecular weight excluding hydrogens is 218 g/mol. The van der Waals surface area contributed by atoms with Crippen molar-refractivity contribution in [1.82, 2.24) is 9.78 Å². The van der Waals surface area contributed by atoms with Crippen LogP contribution < -0.4 is 5.23 Å². The lowest BCUT2D eigenvalue weighted by atomic mass is 9.83. The third kappa shape index (κ3) is 3.28. The van der Waals surface area contributed by atoms with Gasteiger partial charge in [0, 0.05) is 18.8 Å². The summed E-state index contributed by atoms with van der Waals surface area (Å²) in [6, 6.07) is 1.78. The molecule has 2 N–H and O–H groups in total. The van der Waals surface area contributed by atoms with E-state index >= 15 is 0 Å². The third-order valence-corrected chi connectivity index (χ3v) is 3.63. The molecule has 1 heterocycles. The van der Waals surface area contributed by atoms with Crippen molar-refractivity contribution in [3.05, 3.63) is 12.3 Å². The first-order valence-electron chi connectivity index (χ1n) is 6.32. The molecule has 1 aliphatic carbocycles. The second-order valence-corrected chi connectivity index (χ2v) is 5.06. The number of nitrogens with zero attached hydrogens (tertiary/aromatic N) is 2. The van der Waals surface area contributed by atoms with Crippen LogP contribution in [-0.4, -0.2) is 22.1 Å². The van der Waals surface area contributed by atoms with Gasteiger partial charge in [-0.2, -0.15) is 10.0 Å². The zero-order valence-electron chi connectivity index (χ0n) is 10.6. The molecule has 1 aromatic heterocycles. The highest BCUT2D eigenvalue weighted by Gasteiger charge is 2.20. The first-order valence-corrected chi connectivity index (χ1v) is 6.32. The van der Waals surface area contributed by atoms with E-state index in [2.05, 4.69) is 12.0 Å². The molecule has 0 aliphatic heterocycles. The van der Waals surface area contributed by atoms with Crippen LogP contribution in [0.4, 0.5) is 5.82 Å². The molecule has 96 valence electrons. The van der Waals surface area contributed by atoms with Gasteiger partial charge in [0.1, 0.15) is 7.11 Å². The standard InChI is InChI=1S/C12H21N3O2/c1-10-3-5-11(6-4-10)9-14-8-7-12(13-14)15(16)17-2/h7-8,10-11,16H,3-6,9H2,1-2H3/p+1. The Morgan fingerprint density at radius 2 is 2.18 bits per heavy atom. The van der Waals surface area contributed by atoms with Crippen molar-refractivity contribution in [3.8, 4) is 0 Å². The van der Waals surface area contributed by atoms with Gasteiger partial charge in [-0.3, -0.25) is 4.68 Å². The second-order valence-electron chi connectivity index (χ2n) is 5.06. The number of quaternary nitrogens is 1. The Morgan fingerprint density at radius 3 is 2.82 bits per heavy atom. The van der Waals surface area contributed by atoms with Gasteiger partial charge in [0.05, 0.1) is 0 Å². The van der Waals surface area contributed by atoms with Crippen LogP contribution >= 0.6 is 0 Å². The molecule has 1 aliphatic rings. The number of nitrogens with one attached hydrogen (secondary N) is 1. The molecule has 5 heteroatoms. The topological polar surface area (TPSA) is 51.7 Å². The van der Waals surface area contributed by atoms with Crippen LogP contribution in [0.1, 0.15) is 32.6 Å². The van der Waals surface area contributed by atoms with E-state index in [0.29, 0.717) is 5.82 Å². The highest BCUT2D eigenvalue weighted by atomic mass is 16.9. The highest BCUT2D eigenvalue weighted by Crippen LogP contribution is 2.29. The number of aromatic nitrogens is 2. The molecule has 1 saturated carbocycles. The highest BCUT2D eigenvalue weighted by molar-refractivity contribution is 5.12. The fraction of sp³-hybridized carbons (Fsp3) is 0.750. The van der Waals surface area contributed by atoms with E-state index in [0.717, 1.165) is 18.4 Å². The Morgan fingerprint density at radius 1 is 1.47 bits per heavy atom. The minimum absolute atomic E-state index is 0.110. The third-order valence-electron chi connectivity index (χ3n) is 3.63. The Labute approximate surface area is 102 Å². The molecular formula is C12H22N3O2+. The van der Waals surface area contributed by atoms with Crippen molar-refractivity contribution in [1.29, 1.82) is 0 Å². The zero-order valence-corrected chi connectivity index (χ0v) is 10.6. The molecule has 0 radical (unpaired) electrons. The van der Waals surface area contributed by atoms with Gasteiger partial charge < -0.3 is 0 Å². The summed E-state index contributed by atoms with van der Waals surface area (Å²) in [5.41, 5.74) is 0. The zero-order chi connectivity index (χ0) is 12.3. The lowest BCUT2D eigenvalue weighted by molar-refractivity contribution is -1.19. The molecule has 17 heavy (non-hydrogen) atoms. The largest absolute Gasteiger partial charge is 0.310 e. The van der Waals surface area contributed by atoms with Crippen LogP contribution in [0.15, 0.2) is 12.3 Å². The van der Waals surface area contributed by atoms with E-state index < -0.39 is 0 Å². The Balaban J connectivity index is 1.88. The number of hydrogen-bond donors (Lipinski definition) is 2. The number of hydrogen-bond acceptors (Lipinski definition) is 3. The molecule has 0 aromatic carbocycles. The monoisotopic (exact) mass is 240 g/mol. The average molecular weight is 240 g/mol. The van der Waals surface area contributed by atoms with Crippen LogP contribution in [0.2, 0.25) is 0 Å². The maximum absolute atomic E-state index is 9.40. The van der Waals surface area contributed by atoms with Gasteiger partial charge in [0.25, 0.3) is 0 Å². The number of rotatable bonds is 4. The predicted molar refractivity (Wildman–Crippen MR) is 62.8 cm³/mol. The van der Waals surface area contributed by atoms with E-state index in [9.17, 15) is 5.21 Å². The first kappa shape index (κ1) is 12.5. The van der Waals surface area contributed by atoms with E-state index in [1.165, 1.54) is 32.8 Å². The Bertz CT molecular complexity index is 345. The van der Waals surface area contributed by atoms with E-state index in [-0.39, 0.29) is 5.23 Å². The van der Waals surface area contributed by atoms with E-state index in [4.69, 9.17) is 4.84 Å². The smallest absolute Gasteiger partial charge is 0.267 e. The summed E-state index contributed by atoms with van der Waals surface area (Å²) in [4.78, 5) is 4.75. The second kappa shape index (κ2) is 5.62. The molecule has 2 rings (SSSR count). The predicted octanol–water partition coefficient (Wildman–Crippen LogP) is 1.18. The maximum Gasteiger partial charge on any atom is 0.310 e. The molecule has 1 aromatic rings. The van der Waals surface area contributed by atoms with Crippen molar-refractivity contribution in [2.24, 2.45) is 11.8 Å². The summed E-state index contributed by atoms with van der Waals surface area (Å²) in [7, 11) is 1.44. The van der Waals surface area contributed by atoms with Gasteiger partial charge in [0.15, 0.2) is 0 Å². The van der Waals surface area contributed by atoms with Crippen LogP contribution in [-0.2, 0) is 11.4 Å². The summed E-state index contributed by atoms with van der Waals surface area (Å²) in [5, 5.41) is 13.6. The Kier molecular flexibility index (Phi) is 4.15. The lowest BCUT2D eigenvalue weighted by Crippen LogP contribution is -3.03. The Hall–Kier alpha value is -0.910. The van der Waals surface area contributed by atoms with Crippen LogP contribution in [0.5, 0.6) is 0 Å². The normalized spacial score (nSPS) is 27.0. The summed E-state index contributed by atoms with van der Waals surface area (Å²) in [6.07, 6.45) is 7.14. The minimum atomic E-state index is -0.110. The molecule has 0 amide bonds. The first-order chi connectivity index (χ1) is 8.19. The van der Waals surface area contributed by atoms with Gasteiger partial charge in [-0.25, -0.2) is 0 Å². The quantitative estimate of drug-likeness (QED) is 0.777. The summed E-state index contributed by atoms with van der Waals surface area (Å²) in [6.45, 7) is 3.28. The van der Waals surface area contributed by atoms with Gasteiger partial charge in [-0.15, -0.1) is 5.10 Å². The van der Waals surface area contributed by atoms with Crippen LogP contribution in [0.3, 0.4) is 0 Å². The lowest BCUT2D eigenvalue weighted by Gasteiger charge is -2.25. The molecule has 1 unspecified atom stereocenters. The van der Waals surface area contributed by atoms with Crippen molar-refractivity contribution >= 4 is 5.82 Å². The summed E-state index contributed by atoms with van der Waals surface area (Å²) < 4.78 is 1.91. The van der Waals surface area contributed by atoms with Crippen molar-refractivity contribution < 1.29 is 15.3 Å². The van der Waals surface area contributed by atoms with Gasteiger partial charge in [0.2, 0.25) is 0 Å². The molecule has 1 atom stereocenters. The SMILES string of the molecule is CO[NH+](O)c1ccn(CC2CCC(C)CC2)n1. The minimum Gasteiger partial charge on any atom is -0.267 e. The van der Waals surface area contributed by atoms with Gasteiger partial charge in [-0.05, 0) is 29.9 Å². The van der Waals surface area contributed by atoms with Gasteiger partial charge >= 0.3 is 5.82 Å². The van der Waals surface area contributed by atoms with Gasteiger partial charge in [-0.1, -0.05) is 19.8 Å². The van der Waals surface area contributed by atoms with E-state index in [1.807, 2.05) is 10.9 Å². The fourth-order valence-electron chi connectivity index (χ4n) is 2.46. The molecule has 0 spiro atoms. The molecule has 5 nitrogen and oxygen atoms in total. The summed E-state index contributed by atoms with van der Waals surface area (Å²) >= 11 is 0. The van der Waals surface area contributed by atoms with Crippen molar-refractivity contribution in [2.75, 3.05) is 7.11 Å². The van der Waals surface area contributed by atoms with Crippen molar-refractivity contribution in [2.45, 2.75) is 39.2 Å². The van der Waals surface area contributed by atoms with Crippen LogP contribution in [0, 0.1) is 11.8 Å².